The van der Waals surface area contributed by atoms with Crippen LogP contribution >= 0.6 is 0 Å². The zero-order valence-electron chi connectivity index (χ0n) is 14.0. The predicted molar refractivity (Wildman–Crippen MR) is 85.5 cm³/mol. The van der Waals surface area contributed by atoms with Crippen molar-refractivity contribution in [2.75, 3.05) is 6.54 Å². The SMILES string of the molecule is CC[C@H](C)[C@H](NC(=O)[C@@H](N)CC(N)=O)C(=O)N1CCC[C@@H]1C(=O)O. The Labute approximate surface area is 140 Å². The molecule has 0 aromatic rings. The molecule has 0 spiro atoms. The number of likely N-dealkylation sites (tertiary alicyclic amines) is 1. The minimum atomic E-state index is -1.14. The van der Waals surface area contributed by atoms with Gasteiger partial charge in [-0.25, -0.2) is 4.79 Å². The summed E-state index contributed by atoms with van der Waals surface area (Å²) in [5.74, 6) is -3.07. The number of primary amides is 1. The van der Waals surface area contributed by atoms with Crippen molar-refractivity contribution >= 4 is 23.7 Å². The van der Waals surface area contributed by atoms with Gasteiger partial charge in [0, 0.05) is 6.54 Å². The fourth-order valence-corrected chi connectivity index (χ4v) is 2.72. The number of carbonyl (C=O) groups is 4. The highest BCUT2D eigenvalue weighted by Gasteiger charge is 2.39. The average molecular weight is 342 g/mol. The molecule has 1 fully saturated rings. The van der Waals surface area contributed by atoms with E-state index in [0.717, 1.165) is 0 Å². The second-order valence-corrected chi connectivity index (χ2v) is 6.18. The summed E-state index contributed by atoms with van der Waals surface area (Å²) in [4.78, 5) is 48.3. The molecule has 0 aromatic heterocycles. The van der Waals surface area contributed by atoms with E-state index in [4.69, 9.17) is 11.5 Å². The van der Waals surface area contributed by atoms with Gasteiger partial charge in [-0.2, -0.15) is 0 Å². The first-order valence-electron chi connectivity index (χ1n) is 8.06. The number of carbonyl (C=O) groups excluding carboxylic acids is 3. The molecule has 1 aliphatic heterocycles. The van der Waals surface area contributed by atoms with Crippen LogP contribution in [0.2, 0.25) is 0 Å². The van der Waals surface area contributed by atoms with E-state index in [1.807, 2.05) is 6.92 Å². The highest BCUT2D eigenvalue weighted by Crippen LogP contribution is 2.21. The zero-order valence-corrected chi connectivity index (χ0v) is 14.0. The molecular weight excluding hydrogens is 316 g/mol. The van der Waals surface area contributed by atoms with Crippen LogP contribution in [0.4, 0.5) is 0 Å². The third-order valence-corrected chi connectivity index (χ3v) is 4.36. The van der Waals surface area contributed by atoms with Crippen LogP contribution in [0.15, 0.2) is 0 Å². The van der Waals surface area contributed by atoms with Crippen LogP contribution in [-0.4, -0.2) is 58.4 Å². The lowest BCUT2D eigenvalue weighted by atomic mass is 9.96. The van der Waals surface area contributed by atoms with Crippen LogP contribution in [0, 0.1) is 5.92 Å². The summed E-state index contributed by atoms with van der Waals surface area (Å²) in [5.41, 5.74) is 10.6. The van der Waals surface area contributed by atoms with Gasteiger partial charge in [0.2, 0.25) is 17.7 Å². The van der Waals surface area contributed by atoms with Gasteiger partial charge in [0.1, 0.15) is 12.1 Å². The Bertz CT molecular complexity index is 510. The smallest absolute Gasteiger partial charge is 0.326 e. The van der Waals surface area contributed by atoms with E-state index < -0.39 is 41.8 Å². The number of hydrogen-bond donors (Lipinski definition) is 4. The number of rotatable bonds is 8. The number of amides is 3. The van der Waals surface area contributed by atoms with Crippen molar-refractivity contribution in [2.45, 2.75) is 57.7 Å². The van der Waals surface area contributed by atoms with Crippen molar-refractivity contribution < 1.29 is 24.3 Å². The largest absolute Gasteiger partial charge is 0.480 e. The summed E-state index contributed by atoms with van der Waals surface area (Å²) in [6.07, 6.45) is 1.27. The Hall–Kier alpha value is -2.16. The summed E-state index contributed by atoms with van der Waals surface area (Å²) in [6.45, 7) is 3.99. The number of carboxylic acid groups (broad SMARTS) is 1. The predicted octanol–water partition coefficient (Wildman–Crippen LogP) is -1.20. The average Bonchev–Trinajstić information content (AvgIpc) is 3.00. The molecule has 3 amide bonds. The number of nitrogens with one attached hydrogen (secondary N) is 1. The minimum Gasteiger partial charge on any atom is -0.480 e. The third kappa shape index (κ3) is 4.92. The Morgan fingerprint density at radius 3 is 2.46 bits per heavy atom. The Kier molecular flexibility index (Phi) is 7.15. The highest BCUT2D eigenvalue weighted by molar-refractivity contribution is 5.93. The number of aliphatic carboxylic acids is 1. The molecule has 0 aliphatic carbocycles. The van der Waals surface area contributed by atoms with Crippen molar-refractivity contribution in [1.29, 1.82) is 0 Å². The van der Waals surface area contributed by atoms with Crippen LogP contribution in [0.3, 0.4) is 0 Å². The van der Waals surface area contributed by atoms with Gasteiger partial charge < -0.3 is 26.8 Å². The molecule has 0 unspecified atom stereocenters. The van der Waals surface area contributed by atoms with Gasteiger partial charge in [0.05, 0.1) is 12.5 Å². The quantitative estimate of drug-likeness (QED) is 0.434. The van der Waals surface area contributed by atoms with Crippen molar-refractivity contribution in [1.82, 2.24) is 10.2 Å². The van der Waals surface area contributed by atoms with E-state index in [0.29, 0.717) is 25.8 Å². The van der Waals surface area contributed by atoms with Gasteiger partial charge in [0.15, 0.2) is 0 Å². The van der Waals surface area contributed by atoms with Crippen molar-refractivity contribution in [2.24, 2.45) is 17.4 Å². The molecule has 1 aliphatic rings. The maximum Gasteiger partial charge on any atom is 0.326 e. The van der Waals surface area contributed by atoms with Crippen molar-refractivity contribution in [3.8, 4) is 0 Å². The standard InChI is InChI=1S/C15H26N4O5/c1-3-8(2)12(18-13(21)9(16)7-11(17)20)14(22)19-6-4-5-10(19)15(23)24/h8-10,12H,3-7,16H2,1-2H3,(H2,17,20)(H,18,21)(H,23,24)/t8-,9-,10+,12-/m0/s1. The summed E-state index contributed by atoms with van der Waals surface area (Å²) in [5, 5.41) is 11.8. The highest BCUT2D eigenvalue weighted by atomic mass is 16.4. The Morgan fingerprint density at radius 2 is 1.96 bits per heavy atom. The lowest BCUT2D eigenvalue weighted by molar-refractivity contribution is -0.150. The normalized spacial score (nSPS) is 21.0. The molecule has 1 rings (SSSR count). The number of carboxylic acids is 1. The first kappa shape index (κ1) is 19.9. The van der Waals surface area contributed by atoms with Gasteiger partial charge in [-0.05, 0) is 18.8 Å². The third-order valence-electron chi connectivity index (χ3n) is 4.36. The maximum absolute atomic E-state index is 12.8. The monoisotopic (exact) mass is 342 g/mol. The number of nitrogens with two attached hydrogens (primary N) is 2. The molecule has 136 valence electrons. The van der Waals surface area contributed by atoms with Crippen LogP contribution in [-0.2, 0) is 19.2 Å². The second-order valence-electron chi connectivity index (χ2n) is 6.18. The second kappa shape index (κ2) is 8.62. The first-order valence-corrected chi connectivity index (χ1v) is 8.06. The molecule has 24 heavy (non-hydrogen) atoms. The number of nitrogens with zero attached hydrogens (tertiary/aromatic N) is 1. The maximum atomic E-state index is 12.8. The molecular formula is C15H26N4O5. The summed E-state index contributed by atoms with van der Waals surface area (Å²) in [7, 11) is 0. The lowest BCUT2D eigenvalue weighted by Gasteiger charge is -2.31. The van der Waals surface area contributed by atoms with E-state index in [1.165, 1.54) is 4.90 Å². The van der Waals surface area contributed by atoms with E-state index in [2.05, 4.69) is 5.32 Å². The molecule has 0 radical (unpaired) electrons. The Morgan fingerprint density at radius 1 is 1.33 bits per heavy atom. The molecule has 9 heteroatoms. The van der Waals surface area contributed by atoms with E-state index in [-0.39, 0.29) is 12.3 Å². The lowest BCUT2D eigenvalue weighted by Crippen LogP contribution is -2.57. The van der Waals surface area contributed by atoms with Gasteiger partial charge in [-0.1, -0.05) is 20.3 Å². The fraction of sp³-hybridized carbons (Fsp3) is 0.733. The molecule has 9 nitrogen and oxygen atoms in total. The topological polar surface area (TPSA) is 156 Å². The van der Waals surface area contributed by atoms with E-state index >= 15 is 0 Å². The molecule has 0 bridgehead atoms. The van der Waals surface area contributed by atoms with Crippen LogP contribution < -0.4 is 16.8 Å². The minimum absolute atomic E-state index is 0.211. The van der Waals surface area contributed by atoms with Gasteiger partial charge in [-0.15, -0.1) is 0 Å². The van der Waals surface area contributed by atoms with Crippen molar-refractivity contribution in [3.05, 3.63) is 0 Å². The van der Waals surface area contributed by atoms with Gasteiger partial charge in [-0.3, -0.25) is 14.4 Å². The van der Waals surface area contributed by atoms with Gasteiger partial charge in [0.25, 0.3) is 0 Å². The first-order chi connectivity index (χ1) is 11.2. The van der Waals surface area contributed by atoms with Crippen LogP contribution in [0.1, 0.15) is 39.5 Å². The van der Waals surface area contributed by atoms with E-state index in [1.54, 1.807) is 6.92 Å². The van der Waals surface area contributed by atoms with Crippen LogP contribution in [0.25, 0.3) is 0 Å². The molecule has 0 saturated carbocycles. The molecule has 1 heterocycles. The summed E-state index contributed by atoms with van der Waals surface area (Å²) >= 11 is 0. The van der Waals surface area contributed by atoms with Crippen molar-refractivity contribution in [3.63, 3.8) is 0 Å². The fourth-order valence-electron chi connectivity index (χ4n) is 2.72. The molecule has 0 aromatic carbocycles. The Balaban J connectivity index is 2.88. The number of hydrogen-bond acceptors (Lipinski definition) is 5. The molecule has 4 atom stereocenters. The van der Waals surface area contributed by atoms with E-state index in [9.17, 15) is 24.3 Å². The zero-order chi connectivity index (χ0) is 18.4. The molecule has 1 saturated heterocycles. The van der Waals surface area contributed by atoms with Gasteiger partial charge >= 0.3 is 5.97 Å². The summed E-state index contributed by atoms with van der Waals surface area (Å²) in [6, 6.07) is -2.91. The summed E-state index contributed by atoms with van der Waals surface area (Å²) < 4.78 is 0. The molecule has 6 N–H and O–H groups in total. The van der Waals surface area contributed by atoms with Crippen LogP contribution in [0.5, 0.6) is 0 Å².